The van der Waals surface area contributed by atoms with Crippen molar-refractivity contribution in [2.75, 3.05) is 5.32 Å². The Morgan fingerprint density at radius 3 is 2.55 bits per heavy atom. The first-order chi connectivity index (χ1) is 9.85. The van der Waals surface area contributed by atoms with Gasteiger partial charge in [0.15, 0.2) is 0 Å². The van der Waals surface area contributed by atoms with Crippen LogP contribution in [-0.2, 0) is 13.0 Å². The molecule has 0 radical (unpaired) electrons. The molecule has 0 atom stereocenters. The third kappa shape index (κ3) is 2.85. The van der Waals surface area contributed by atoms with Gasteiger partial charge in [0.2, 0.25) is 0 Å². The van der Waals surface area contributed by atoms with E-state index in [1.807, 2.05) is 30.5 Å². The molecule has 6 heteroatoms. The molecule has 0 aliphatic carbocycles. The van der Waals surface area contributed by atoms with Gasteiger partial charge in [-0.2, -0.15) is 15.0 Å². The summed E-state index contributed by atoms with van der Waals surface area (Å²) in [5.41, 5.74) is 2.03. The van der Waals surface area contributed by atoms with Crippen molar-refractivity contribution in [3.63, 3.8) is 0 Å². The first-order valence-corrected chi connectivity index (χ1v) is 7.31. The number of hydrogen-bond donors (Lipinski definition) is 1. The molecule has 3 aromatic rings. The molecule has 0 aliphatic rings. The molecule has 0 saturated heterocycles. The maximum Gasteiger partial charge on any atom is 0.0925 e. The summed E-state index contributed by atoms with van der Waals surface area (Å²) in [6, 6.07) is 8.04. The highest BCUT2D eigenvalue weighted by molar-refractivity contribution is 7.11. The van der Waals surface area contributed by atoms with Crippen molar-refractivity contribution in [2.24, 2.45) is 0 Å². The third-order valence-corrected chi connectivity index (χ3v) is 4.03. The molecule has 0 amide bonds. The van der Waals surface area contributed by atoms with E-state index in [4.69, 9.17) is 0 Å². The number of aromatic nitrogens is 4. The molecule has 0 bridgehead atoms. The molecule has 1 N–H and O–H groups in total. The zero-order valence-electron chi connectivity index (χ0n) is 11.2. The summed E-state index contributed by atoms with van der Waals surface area (Å²) in [6.45, 7) is 2.93. The normalized spacial score (nSPS) is 10.7. The van der Waals surface area contributed by atoms with Crippen LogP contribution in [0.2, 0.25) is 0 Å². The summed E-state index contributed by atoms with van der Waals surface area (Å²) in [5.74, 6) is 0. The Kier molecular flexibility index (Phi) is 3.73. The molecule has 0 aliphatic heterocycles. The van der Waals surface area contributed by atoms with Gasteiger partial charge < -0.3 is 5.32 Å². The second kappa shape index (κ2) is 5.83. The SMILES string of the molecule is CCc1ncc(CNc2ccc(-n3nccn3)cc2)s1. The fourth-order valence-electron chi connectivity index (χ4n) is 1.84. The van der Waals surface area contributed by atoms with E-state index in [-0.39, 0.29) is 0 Å². The summed E-state index contributed by atoms with van der Waals surface area (Å²) in [4.78, 5) is 7.20. The number of aryl methyl sites for hydroxylation is 1. The maximum absolute atomic E-state index is 4.35. The van der Waals surface area contributed by atoms with Crippen molar-refractivity contribution in [1.82, 2.24) is 20.0 Å². The number of nitrogens with one attached hydrogen (secondary N) is 1. The monoisotopic (exact) mass is 285 g/mol. The van der Waals surface area contributed by atoms with E-state index in [0.717, 1.165) is 24.3 Å². The lowest BCUT2D eigenvalue weighted by Crippen LogP contribution is -2.00. The summed E-state index contributed by atoms with van der Waals surface area (Å²) < 4.78 is 0. The molecule has 0 saturated carbocycles. The average Bonchev–Trinajstić information content (AvgIpc) is 3.17. The highest BCUT2D eigenvalue weighted by Crippen LogP contribution is 2.17. The second-order valence-corrected chi connectivity index (χ2v) is 5.49. The van der Waals surface area contributed by atoms with Crippen LogP contribution in [0.3, 0.4) is 0 Å². The standard InChI is InChI=1S/C14H15N5S/c1-2-14-16-10-13(20-14)9-15-11-3-5-12(6-4-11)19-17-7-8-18-19/h3-8,10,15H,2,9H2,1H3. The number of anilines is 1. The molecule has 0 spiro atoms. The van der Waals surface area contributed by atoms with Crippen LogP contribution in [0.5, 0.6) is 0 Å². The number of benzene rings is 1. The van der Waals surface area contributed by atoms with Crippen LogP contribution in [0.15, 0.2) is 42.9 Å². The number of thiazole rings is 1. The molecule has 0 unspecified atom stereocenters. The number of rotatable bonds is 5. The molecule has 3 rings (SSSR count). The van der Waals surface area contributed by atoms with Gasteiger partial charge in [-0.3, -0.25) is 0 Å². The fraction of sp³-hybridized carbons (Fsp3) is 0.214. The van der Waals surface area contributed by atoms with E-state index >= 15 is 0 Å². The Hall–Kier alpha value is -2.21. The fourth-order valence-corrected chi connectivity index (χ4v) is 2.65. The van der Waals surface area contributed by atoms with Gasteiger partial charge in [-0.1, -0.05) is 6.92 Å². The van der Waals surface area contributed by atoms with E-state index in [2.05, 4.69) is 27.4 Å². The van der Waals surface area contributed by atoms with E-state index in [0.29, 0.717) is 0 Å². The van der Waals surface area contributed by atoms with Crippen LogP contribution in [0, 0.1) is 0 Å². The minimum atomic E-state index is 0.803. The van der Waals surface area contributed by atoms with Crippen molar-refractivity contribution in [2.45, 2.75) is 19.9 Å². The summed E-state index contributed by atoms with van der Waals surface area (Å²) in [7, 11) is 0. The Bertz CT molecular complexity index is 657. The Morgan fingerprint density at radius 1 is 1.15 bits per heavy atom. The average molecular weight is 285 g/mol. The quantitative estimate of drug-likeness (QED) is 0.783. The summed E-state index contributed by atoms with van der Waals surface area (Å²) >= 11 is 1.76. The van der Waals surface area contributed by atoms with Crippen molar-refractivity contribution < 1.29 is 0 Å². The first kappa shape index (κ1) is 12.8. The van der Waals surface area contributed by atoms with Crippen molar-refractivity contribution in [3.05, 3.63) is 52.7 Å². The molecule has 5 nitrogen and oxygen atoms in total. The molecule has 0 fully saturated rings. The van der Waals surface area contributed by atoms with Crippen LogP contribution in [0.25, 0.3) is 5.69 Å². The van der Waals surface area contributed by atoms with Gasteiger partial charge in [0, 0.05) is 16.8 Å². The van der Waals surface area contributed by atoms with E-state index in [1.54, 1.807) is 28.5 Å². The van der Waals surface area contributed by atoms with Crippen LogP contribution >= 0.6 is 11.3 Å². The third-order valence-electron chi connectivity index (χ3n) is 2.89. The Morgan fingerprint density at radius 2 is 1.90 bits per heavy atom. The number of nitrogens with zero attached hydrogens (tertiary/aromatic N) is 4. The van der Waals surface area contributed by atoms with Gasteiger partial charge in [-0.05, 0) is 30.7 Å². The summed E-state index contributed by atoms with van der Waals surface area (Å²) in [5, 5.41) is 12.8. The molecule has 1 aromatic carbocycles. The van der Waals surface area contributed by atoms with E-state index < -0.39 is 0 Å². The van der Waals surface area contributed by atoms with E-state index in [1.165, 1.54) is 9.88 Å². The lowest BCUT2D eigenvalue weighted by Gasteiger charge is -2.05. The highest BCUT2D eigenvalue weighted by Gasteiger charge is 2.01. The van der Waals surface area contributed by atoms with Gasteiger partial charge in [-0.15, -0.1) is 11.3 Å². The lowest BCUT2D eigenvalue weighted by atomic mass is 10.3. The molecule has 2 heterocycles. The molecular weight excluding hydrogens is 270 g/mol. The van der Waals surface area contributed by atoms with Gasteiger partial charge in [0.1, 0.15) is 0 Å². The minimum absolute atomic E-state index is 0.803. The number of hydrogen-bond acceptors (Lipinski definition) is 5. The topological polar surface area (TPSA) is 55.6 Å². The molecule has 20 heavy (non-hydrogen) atoms. The second-order valence-electron chi connectivity index (χ2n) is 4.29. The predicted octanol–water partition coefficient (Wildman–Crippen LogP) is 2.90. The van der Waals surface area contributed by atoms with Gasteiger partial charge >= 0.3 is 0 Å². The first-order valence-electron chi connectivity index (χ1n) is 6.49. The largest absolute Gasteiger partial charge is 0.380 e. The predicted molar refractivity (Wildman–Crippen MR) is 80.2 cm³/mol. The minimum Gasteiger partial charge on any atom is -0.380 e. The molecule has 102 valence electrons. The Labute approximate surface area is 121 Å². The van der Waals surface area contributed by atoms with Gasteiger partial charge in [0.25, 0.3) is 0 Å². The Balaban J connectivity index is 1.63. The highest BCUT2D eigenvalue weighted by atomic mass is 32.1. The van der Waals surface area contributed by atoms with Crippen molar-refractivity contribution in [3.8, 4) is 5.69 Å². The van der Waals surface area contributed by atoms with Crippen LogP contribution in [-0.4, -0.2) is 20.0 Å². The van der Waals surface area contributed by atoms with Gasteiger partial charge in [0.05, 0.1) is 29.6 Å². The van der Waals surface area contributed by atoms with E-state index in [9.17, 15) is 0 Å². The van der Waals surface area contributed by atoms with Crippen LogP contribution in [0.4, 0.5) is 5.69 Å². The zero-order valence-corrected chi connectivity index (χ0v) is 12.0. The summed E-state index contributed by atoms with van der Waals surface area (Å²) in [6.07, 6.45) is 6.28. The maximum atomic E-state index is 4.35. The van der Waals surface area contributed by atoms with Crippen LogP contribution in [0.1, 0.15) is 16.8 Å². The zero-order chi connectivity index (χ0) is 13.8. The van der Waals surface area contributed by atoms with Crippen LogP contribution < -0.4 is 5.32 Å². The van der Waals surface area contributed by atoms with Crippen molar-refractivity contribution in [1.29, 1.82) is 0 Å². The van der Waals surface area contributed by atoms with Crippen molar-refractivity contribution >= 4 is 17.0 Å². The lowest BCUT2D eigenvalue weighted by molar-refractivity contribution is 0.752. The molecule has 2 aromatic heterocycles. The molecular formula is C14H15N5S. The van der Waals surface area contributed by atoms with Gasteiger partial charge in [-0.25, -0.2) is 4.98 Å². The smallest absolute Gasteiger partial charge is 0.0925 e.